The SMILES string of the molecule is NCc1cc(F)cc(O)c1Br. The van der Waals surface area contributed by atoms with Crippen LogP contribution in [0.3, 0.4) is 0 Å². The largest absolute Gasteiger partial charge is 0.507 e. The van der Waals surface area contributed by atoms with Crippen molar-refractivity contribution in [2.45, 2.75) is 6.54 Å². The van der Waals surface area contributed by atoms with E-state index in [0.29, 0.717) is 10.0 Å². The van der Waals surface area contributed by atoms with Crippen molar-refractivity contribution in [2.24, 2.45) is 5.73 Å². The fourth-order valence-corrected chi connectivity index (χ4v) is 1.17. The first-order valence-electron chi connectivity index (χ1n) is 3.02. The molecule has 0 amide bonds. The van der Waals surface area contributed by atoms with Crippen molar-refractivity contribution in [3.8, 4) is 5.75 Å². The molecule has 60 valence electrons. The van der Waals surface area contributed by atoms with Gasteiger partial charge in [0.05, 0.1) is 4.47 Å². The molecule has 0 unspecified atom stereocenters. The highest BCUT2D eigenvalue weighted by Crippen LogP contribution is 2.28. The molecular formula is C7H7BrFNO. The number of phenols is 1. The Morgan fingerprint density at radius 3 is 2.73 bits per heavy atom. The van der Waals surface area contributed by atoms with E-state index in [1.54, 1.807) is 0 Å². The van der Waals surface area contributed by atoms with E-state index in [2.05, 4.69) is 15.9 Å². The van der Waals surface area contributed by atoms with E-state index in [0.717, 1.165) is 6.07 Å². The maximum absolute atomic E-state index is 12.6. The summed E-state index contributed by atoms with van der Waals surface area (Å²) >= 11 is 3.08. The number of nitrogens with two attached hydrogens (primary N) is 1. The van der Waals surface area contributed by atoms with Gasteiger partial charge in [0.15, 0.2) is 0 Å². The van der Waals surface area contributed by atoms with Crippen molar-refractivity contribution >= 4 is 15.9 Å². The van der Waals surface area contributed by atoms with Crippen LogP contribution in [0.2, 0.25) is 0 Å². The number of rotatable bonds is 1. The molecule has 0 spiro atoms. The molecule has 0 saturated heterocycles. The normalized spacial score (nSPS) is 10.1. The molecule has 0 aliphatic heterocycles. The topological polar surface area (TPSA) is 46.2 Å². The second-order valence-corrected chi connectivity index (χ2v) is 2.90. The Hall–Kier alpha value is -0.610. The fraction of sp³-hybridized carbons (Fsp3) is 0.143. The lowest BCUT2D eigenvalue weighted by molar-refractivity contribution is 0.464. The lowest BCUT2D eigenvalue weighted by Crippen LogP contribution is -1.98. The number of benzene rings is 1. The zero-order chi connectivity index (χ0) is 8.43. The highest BCUT2D eigenvalue weighted by molar-refractivity contribution is 9.10. The van der Waals surface area contributed by atoms with Gasteiger partial charge in [-0.05, 0) is 27.6 Å². The van der Waals surface area contributed by atoms with Crippen LogP contribution in [0.15, 0.2) is 16.6 Å². The number of aromatic hydroxyl groups is 1. The highest BCUT2D eigenvalue weighted by Gasteiger charge is 2.05. The molecule has 0 saturated carbocycles. The van der Waals surface area contributed by atoms with Crippen LogP contribution in [0.25, 0.3) is 0 Å². The Bertz CT molecular complexity index is 277. The second kappa shape index (κ2) is 3.19. The molecule has 1 rings (SSSR count). The Morgan fingerprint density at radius 2 is 2.18 bits per heavy atom. The summed E-state index contributed by atoms with van der Waals surface area (Å²) < 4.78 is 13.0. The average molecular weight is 220 g/mol. The lowest BCUT2D eigenvalue weighted by Gasteiger charge is -2.02. The Labute approximate surface area is 72.0 Å². The van der Waals surface area contributed by atoms with Crippen LogP contribution in [0.4, 0.5) is 4.39 Å². The van der Waals surface area contributed by atoms with Crippen LogP contribution < -0.4 is 5.73 Å². The van der Waals surface area contributed by atoms with E-state index in [1.807, 2.05) is 0 Å². The van der Waals surface area contributed by atoms with Crippen LogP contribution in [-0.4, -0.2) is 5.11 Å². The van der Waals surface area contributed by atoms with E-state index in [1.165, 1.54) is 6.07 Å². The summed E-state index contributed by atoms with van der Waals surface area (Å²) in [4.78, 5) is 0. The Morgan fingerprint density at radius 1 is 1.55 bits per heavy atom. The number of halogens is 2. The minimum Gasteiger partial charge on any atom is -0.507 e. The third kappa shape index (κ3) is 1.70. The predicted molar refractivity (Wildman–Crippen MR) is 43.7 cm³/mol. The maximum atomic E-state index is 12.6. The molecule has 1 aromatic rings. The summed E-state index contributed by atoms with van der Waals surface area (Å²) in [5.74, 6) is -0.600. The summed E-state index contributed by atoms with van der Waals surface area (Å²) in [6, 6.07) is 2.31. The second-order valence-electron chi connectivity index (χ2n) is 2.10. The molecule has 0 radical (unpaired) electrons. The third-order valence-electron chi connectivity index (χ3n) is 1.31. The van der Waals surface area contributed by atoms with Crippen molar-refractivity contribution in [2.75, 3.05) is 0 Å². The molecule has 11 heavy (non-hydrogen) atoms. The van der Waals surface area contributed by atoms with Crippen LogP contribution in [0.1, 0.15) is 5.56 Å². The van der Waals surface area contributed by atoms with Crippen molar-refractivity contribution < 1.29 is 9.50 Å². The van der Waals surface area contributed by atoms with Gasteiger partial charge in [-0.2, -0.15) is 0 Å². The molecule has 0 atom stereocenters. The monoisotopic (exact) mass is 219 g/mol. The standard InChI is InChI=1S/C7H7BrFNO/c8-7-4(3-10)1-5(9)2-6(7)11/h1-2,11H,3,10H2. The minimum atomic E-state index is -0.480. The molecule has 0 aliphatic rings. The van der Waals surface area contributed by atoms with Crippen molar-refractivity contribution in [3.63, 3.8) is 0 Å². The fourth-order valence-electron chi connectivity index (χ4n) is 0.778. The Balaban J connectivity index is 3.24. The molecule has 4 heteroatoms. The van der Waals surface area contributed by atoms with Gasteiger partial charge in [0, 0.05) is 12.6 Å². The van der Waals surface area contributed by atoms with Gasteiger partial charge in [-0.15, -0.1) is 0 Å². The van der Waals surface area contributed by atoms with Crippen molar-refractivity contribution in [3.05, 3.63) is 28.0 Å². The summed E-state index contributed by atoms with van der Waals surface area (Å²) in [6.45, 7) is 0.200. The van der Waals surface area contributed by atoms with E-state index in [4.69, 9.17) is 10.8 Å². The van der Waals surface area contributed by atoms with E-state index in [-0.39, 0.29) is 12.3 Å². The Kier molecular flexibility index (Phi) is 2.46. The van der Waals surface area contributed by atoms with Crippen molar-refractivity contribution in [1.82, 2.24) is 0 Å². The van der Waals surface area contributed by atoms with Crippen LogP contribution in [0, 0.1) is 5.82 Å². The van der Waals surface area contributed by atoms with Gasteiger partial charge in [0.1, 0.15) is 11.6 Å². The van der Waals surface area contributed by atoms with Gasteiger partial charge in [0.2, 0.25) is 0 Å². The van der Waals surface area contributed by atoms with Crippen LogP contribution in [0.5, 0.6) is 5.75 Å². The first-order valence-corrected chi connectivity index (χ1v) is 3.81. The predicted octanol–water partition coefficient (Wildman–Crippen LogP) is 1.75. The maximum Gasteiger partial charge on any atom is 0.133 e. The van der Waals surface area contributed by atoms with Gasteiger partial charge in [-0.25, -0.2) is 4.39 Å². The summed E-state index contributed by atoms with van der Waals surface area (Å²) in [7, 11) is 0. The number of phenolic OH excluding ortho intramolecular Hbond substituents is 1. The van der Waals surface area contributed by atoms with Crippen molar-refractivity contribution in [1.29, 1.82) is 0 Å². The molecule has 0 aliphatic carbocycles. The zero-order valence-electron chi connectivity index (χ0n) is 5.64. The molecule has 3 N–H and O–H groups in total. The summed E-state index contributed by atoms with van der Waals surface area (Å²) in [6.07, 6.45) is 0. The van der Waals surface area contributed by atoms with Gasteiger partial charge in [-0.1, -0.05) is 0 Å². The zero-order valence-corrected chi connectivity index (χ0v) is 7.23. The molecule has 0 bridgehead atoms. The molecular weight excluding hydrogens is 213 g/mol. The average Bonchev–Trinajstić information content (AvgIpc) is 1.96. The van der Waals surface area contributed by atoms with E-state index in [9.17, 15) is 4.39 Å². The molecule has 0 aromatic heterocycles. The van der Waals surface area contributed by atoms with E-state index < -0.39 is 5.82 Å². The lowest BCUT2D eigenvalue weighted by atomic mass is 10.2. The molecule has 0 fully saturated rings. The van der Waals surface area contributed by atoms with Gasteiger partial charge >= 0.3 is 0 Å². The van der Waals surface area contributed by atoms with Crippen LogP contribution >= 0.6 is 15.9 Å². The summed E-state index contributed by atoms with van der Waals surface area (Å²) in [5.41, 5.74) is 5.84. The van der Waals surface area contributed by atoms with Crippen LogP contribution in [-0.2, 0) is 6.54 Å². The van der Waals surface area contributed by atoms with Gasteiger partial charge in [0.25, 0.3) is 0 Å². The number of hydrogen-bond acceptors (Lipinski definition) is 2. The molecule has 2 nitrogen and oxygen atoms in total. The minimum absolute atomic E-state index is 0.120. The molecule has 1 aromatic carbocycles. The smallest absolute Gasteiger partial charge is 0.133 e. The summed E-state index contributed by atoms with van der Waals surface area (Å²) in [5, 5.41) is 9.07. The highest BCUT2D eigenvalue weighted by atomic mass is 79.9. The number of hydrogen-bond donors (Lipinski definition) is 2. The van der Waals surface area contributed by atoms with Gasteiger partial charge in [-0.3, -0.25) is 0 Å². The molecule has 0 heterocycles. The van der Waals surface area contributed by atoms with Gasteiger partial charge < -0.3 is 10.8 Å². The van der Waals surface area contributed by atoms with E-state index >= 15 is 0 Å². The first kappa shape index (κ1) is 8.49. The first-order chi connectivity index (χ1) is 5.15. The third-order valence-corrected chi connectivity index (χ3v) is 2.23. The quantitative estimate of drug-likeness (QED) is 0.757.